The van der Waals surface area contributed by atoms with Crippen LogP contribution < -0.4 is 4.72 Å². The molecule has 0 amide bonds. The second-order valence-corrected chi connectivity index (χ2v) is 6.57. The molecule has 1 N–H and O–H groups in total. The quantitative estimate of drug-likeness (QED) is 0.802. The van der Waals surface area contributed by atoms with Crippen LogP contribution in [0.2, 0.25) is 0 Å². The monoisotopic (exact) mass is 319 g/mol. The van der Waals surface area contributed by atoms with Crippen molar-refractivity contribution in [2.24, 2.45) is 7.05 Å². The van der Waals surface area contributed by atoms with Gasteiger partial charge in [0, 0.05) is 7.05 Å². The van der Waals surface area contributed by atoms with Gasteiger partial charge >= 0.3 is 0 Å². The lowest BCUT2D eigenvalue weighted by atomic mass is 10.3. The van der Waals surface area contributed by atoms with Gasteiger partial charge in [0.2, 0.25) is 10.0 Å². The molecule has 5 nitrogen and oxygen atoms in total. The first-order valence-electron chi connectivity index (χ1n) is 6.63. The van der Waals surface area contributed by atoms with E-state index in [1.807, 2.05) is 31.3 Å². The summed E-state index contributed by atoms with van der Waals surface area (Å²) in [5, 5.41) is 0. The van der Waals surface area contributed by atoms with Gasteiger partial charge in [-0.2, -0.15) is 0 Å². The van der Waals surface area contributed by atoms with Crippen molar-refractivity contribution < 1.29 is 12.8 Å². The molecule has 2 aromatic carbocycles. The molecular formula is C15H14FN3O2S. The summed E-state index contributed by atoms with van der Waals surface area (Å²) in [6, 6.07) is 12.8. The standard InChI is InChI=1S/C15H14FN3O2S/c1-19-13-8-4-3-7-12(13)18-15(19)10-17-22(20,21)14-9-5-2-6-11(14)16/h2-9,17H,10H2,1H3. The van der Waals surface area contributed by atoms with Crippen molar-refractivity contribution in [3.8, 4) is 0 Å². The van der Waals surface area contributed by atoms with Gasteiger partial charge in [-0.25, -0.2) is 22.5 Å². The van der Waals surface area contributed by atoms with Crippen LogP contribution >= 0.6 is 0 Å². The van der Waals surface area contributed by atoms with Gasteiger partial charge in [0.1, 0.15) is 16.5 Å². The number of sulfonamides is 1. The van der Waals surface area contributed by atoms with Gasteiger partial charge in [-0.05, 0) is 24.3 Å². The third kappa shape index (κ3) is 2.60. The first-order chi connectivity index (χ1) is 10.5. The van der Waals surface area contributed by atoms with Gasteiger partial charge in [0.15, 0.2) is 0 Å². The second-order valence-electron chi connectivity index (χ2n) is 4.83. The SMILES string of the molecule is Cn1c(CNS(=O)(=O)c2ccccc2F)nc2ccccc21. The Bertz CT molecular complexity index is 935. The summed E-state index contributed by atoms with van der Waals surface area (Å²) in [7, 11) is -2.11. The van der Waals surface area contributed by atoms with Crippen LogP contribution in [0, 0.1) is 5.82 Å². The number of benzene rings is 2. The Kier molecular flexibility index (Phi) is 3.67. The van der Waals surface area contributed by atoms with Crippen molar-refractivity contribution in [1.29, 1.82) is 0 Å². The van der Waals surface area contributed by atoms with Crippen LogP contribution in [0.5, 0.6) is 0 Å². The Morgan fingerprint density at radius 3 is 2.55 bits per heavy atom. The maximum Gasteiger partial charge on any atom is 0.243 e. The highest BCUT2D eigenvalue weighted by Gasteiger charge is 2.19. The van der Waals surface area contributed by atoms with Crippen molar-refractivity contribution in [3.63, 3.8) is 0 Å². The number of fused-ring (bicyclic) bond motifs is 1. The lowest BCUT2D eigenvalue weighted by Gasteiger charge is -2.07. The van der Waals surface area contributed by atoms with E-state index >= 15 is 0 Å². The first-order valence-corrected chi connectivity index (χ1v) is 8.12. The first kappa shape index (κ1) is 14.7. The van der Waals surface area contributed by atoms with Crippen LogP contribution in [0.4, 0.5) is 4.39 Å². The Morgan fingerprint density at radius 1 is 1.14 bits per heavy atom. The van der Waals surface area contributed by atoms with Crippen molar-refractivity contribution >= 4 is 21.1 Å². The third-order valence-corrected chi connectivity index (χ3v) is 4.86. The summed E-state index contributed by atoms with van der Waals surface area (Å²) in [4.78, 5) is 4.01. The molecule has 1 aromatic heterocycles. The lowest BCUT2D eigenvalue weighted by Crippen LogP contribution is -2.25. The molecule has 0 radical (unpaired) electrons. The van der Waals surface area contributed by atoms with E-state index in [1.54, 1.807) is 4.57 Å². The van der Waals surface area contributed by atoms with Gasteiger partial charge in [-0.1, -0.05) is 24.3 Å². The van der Waals surface area contributed by atoms with E-state index in [0.717, 1.165) is 17.1 Å². The van der Waals surface area contributed by atoms with Gasteiger partial charge in [0.25, 0.3) is 0 Å². The number of para-hydroxylation sites is 2. The average Bonchev–Trinajstić information content (AvgIpc) is 2.83. The summed E-state index contributed by atoms with van der Waals surface area (Å²) in [6.45, 7) is -0.0121. The van der Waals surface area contributed by atoms with E-state index in [-0.39, 0.29) is 11.4 Å². The van der Waals surface area contributed by atoms with E-state index in [0.29, 0.717) is 5.82 Å². The highest BCUT2D eigenvalue weighted by molar-refractivity contribution is 7.89. The molecule has 0 aliphatic carbocycles. The molecule has 0 fully saturated rings. The highest BCUT2D eigenvalue weighted by atomic mass is 32.2. The number of halogens is 1. The molecule has 0 spiro atoms. The molecule has 3 rings (SSSR count). The lowest BCUT2D eigenvalue weighted by molar-refractivity contribution is 0.554. The number of aryl methyl sites for hydroxylation is 1. The van der Waals surface area contributed by atoms with Crippen LogP contribution in [-0.2, 0) is 23.6 Å². The molecule has 0 saturated heterocycles. The summed E-state index contributed by atoms with van der Waals surface area (Å²) < 4.78 is 42.1. The number of nitrogens with one attached hydrogen (secondary N) is 1. The van der Waals surface area contributed by atoms with Crippen LogP contribution in [-0.4, -0.2) is 18.0 Å². The largest absolute Gasteiger partial charge is 0.330 e. The molecule has 0 atom stereocenters. The fourth-order valence-corrected chi connectivity index (χ4v) is 3.31. The van der Waals surface area contributed by atoms with Crippen molar-refractivity contribution in [1.82, 2.24) is 14.3 Å². The number of rotatable bonds is 4. The smallest absolute Gasteiger partial charge is 0.243 e. The molecule has 0 aliphatic heterocycles. The summed E-state index contributed by atoms with van der Waals surface area (Å²) in [5.74, 6) is -0.221. The molecule has 1 heterocycles. The van der Waals surface area contributed by atoms with Gasteiger partial charge < -0.3 is 4.57 Å². The number of hydrogen-bond donors (Lipinski definition) is 1. The zero-order valence-corrected chi connectivity index (χ0v) is 12.6. The number of hydrogen-bond acceptors (Lipinski definition) is 3. The molecule has 7 heteroatoms. The molecule has 22 heavy (non-hydrogen) atoms. The zero-order chi connectivity index (χ0) is 15.7. The molecule has 0 aliphatic rings. The molecular weight excluding hydrogens is 305 g/mol. The van der Waals surface area contributed by atoms with Crippen LogP contribution in [0.25, 0.3) is 11.0 Å². The van der Waals surface area contributed by atoms with E-state index < -0.39 is 15.8 Å². The number of nitrogens with zero attached hydrogens (tertiary/aromatic N) is 2. The fraction of sp³-hybridized carbons (Fsp3) is 0.133. The Hall–Kier alpha value is -2.25. The minimum Gasteiger partial charge on any atom is -0.330 e. The summed E-state index contributed by atoms with van der Waals surface area (Å²) in [6.07, 6.45) is 0. The van der Waals surface area contributed by atoms with Gasteiger partial charge in [0.05, 0.1) is 17.6 Å². The van der Waals surface area contributed by atoms with Crippen molar-refractivity contribution in [2.75, 3.05) is 0 Å². The van der Waals surface area contributed by atoms with Gasteiger partial charge in [-0.3, -0.25) is 0 Å². The molecule has 114 valence electrons. The maximum absolute atomic E-state index is 13.6. The predicted octanol–water partition coefficient (Wildman–Crippen LogP) is 2.19. The van der Waals surface area contributed by atoms with Crippen LogP contribution in [0.15, 0.2) is 53.4 Å². The second kappa shape index (κ2) is 5.51. The molecule has 0 saturated carbocycles. The molecule has 0 bridgehead atoms. The van der Waals surface area contributed by atoms with Gasteiger partial charge in [-0.15, -0.1) is 0 Å². The minimum atomic E-state index is -3.92. The Morgan fingerprint density at radius 2 is 1.82 bits per heavy atom. The van der Waals surface area contributed by atoms with Crippen molar-refractivity contribution in [2.45, 2.75) is 11.4 Å². The highest BCUT2D eigenvalue weighted by Crippen LogP contribution is 2.16. The Labute approximate surface area is 127 Å². The third-order valence-electron chi connectivity index (χ3n) is 3.43. The maximum atomic E-state index is 13.6. The Balaban J connectivity index is 1.88. The topological polar surface area (TPSA) is 64.0 Å². The summed E-state index contributed by atoms with van der Waals surface area (Å²) in [5.41, 5.74) is 1.69. The molecule has 3 aromatic rings. The number of imidazole rings is 1. The van der Waals surface area contributed by atoms with Crippen molar-refractivity contribution in [3.05, 3.63) is 60.2 Å². The van der Waals surface area contributed by atoms with Crippen LogP contribution in [0.1, 0.15) is 5.82 Å². The zero-order valence-electron chi connectivity index (χ0n) is 11.8. The predicted molar refractivity (Wildman–Crippen MR) is 81.1 cm³/mol. The summed E-state index contributed by atoms with van der Waals surface area (Å²) >= 11 is 0. The van der Waals surface area contributed by atoms with Crippen LogP contribution in [0.3, 0.4) is 0 Å². The van der Waals surface area contributed by atoms with E-state index in [9.17, 15) is 12.8 Å². The van der Waals surface area contributed by atoms with E-state index in [2.05, 4.69) is 9.71 Å². The minimum absolute atomic E-state index is 0.0121. The van der Waals surface area contributed by atoms with E-state index in [4.69, 9.17) is 0 Å². The van der Waals surface area contributed by atoms with E-state index in [1.165, 1.54) is 18.2 Å². The number of aromatic nitrogens is 2. The fourth-order valence-electron chi connectivity index (χ4n) is 2.25. The molecule has 0 unspecified atom stereocenters. The normalized spacial score (nSPS) is 11.9. The average molecular weight is 319 g/mol.